The fraction of sp³-hybridized carbons (Fsp3) is 0.278. The molecule has 0 saturated heterocycles. The van der Waals surface area contributed by atoms with E-state index in [1.807, 2.05) is 50.2 Å². The van der Waals surface area contributed by atoms with Crippen LogP contribution in [0.25, 0.3) is 0 Å². The maximum absolute atomic E-state index is 12.1. The van der Waals surface area contributed by atoms with Gasteiger partial charge in [-0.05, 0) is 42.7 Å². The molecule has 2 aromatic carbocycles. The molecule has 0 spiro atoms. The van der Waals surface area contributed by atoms with Gasteiger partial charge in [-0.25, -0.2) is 4.79 Å². The number of anilines is 1. The Hall–Kier alpha value is -2.69. The Balaban J connectivity index is 1.99. The van der Waals surface area contributed by atoms with Crippen LogP contribution in [0, 0.1) is 13.8 Å². The van der Waals surface area contributed by atoms with Crippen molar-refractivity contribution >= 4 is 11.7 Å². The number of aryl methyl sites for hydroxylation is 2. The molecule has 0 aromatic heterocycles. The van der Waals surface area contributed by atoms with Crippen LogP contribution in [0.5, 0.6) is 11.5 Å². The summed E-state index contributed by atoms with van der Waals surface area (Å²) in [6.45, 7) is 4.34. The van der Waals surface area contributed by atoms with Crippen molar-refractivity contribution in [3.05, 3.63) is 53.1 Å². The lowest BCUT2D eigenvalue weighted by Crippen LogP contribution is -2.28. The average molecular weight is 314 g/mol. The van der Waals surface area contributed by atoms with Gasteiger partial charge in [-0.3, -0.25) is 0 Å². The number of hydrogen-bond acceptors (Lipinski definition) is 3. The molecule has 5 nitrogen and oxygen atoms in total. The van der Waals surface area contributed by atoms with E-state index in [4.69, 9.17) is 9.47 Å². The van der Waals surface area contributed by atoms with E-state index in [0.29, 0.717) is 18.0 Å². The topological polar surface area (TPSA) is 59.6 Å². The largest absolute Gasteiger partial charge is 0.493 e. The molecular weight excluding hydrogens is 292 g/mol. The van der Waals surface area contributed by atoms with Crippen molar-refractivity contribution in [3.8, 4) is 11.5 Å². The summed E-state index contributed by atoms with van der Waals surface area (Å²) in [4.78, 5) is 12.1. The Kier molecular flexibility index (Phi) is 5.46. The third-order valence-corrected chi connectivity index (χ3v) is 3.62. The molecule has 2 amide bonds. The van der Waals surface area contributed by atoms with Gasteiger partial charge < -0.3 is 20.1 Å². The normalized spacial score (nSPS) is 10.1. The predicted octanol–water partition coefficient (Wildman–Crippen LogP) is 3.64. The quantitative estimate of drug-likeness (QED) is 0.886. The number of carbonyl (C=O) groups is 1. The van der Waals surface area contributed by atoms with Crippen molar-refractivity contribution < 1.29 is 14.3 Å². The summed E-state index contributed by atoms with van der Waals surface area (Å²) in [5.41, 5.74) is 3.84. The van der Waals surface area contributed by atoms with Crippen LogP contribution < -0.4 is 20.1 Å². The van der Waals surface area contributed by atoms with Crippen molar-refractivity contribution in [1.82, 2.24) is 5.32 Å². The van der Waals surface area contributed by atoms with Crippen molar-refractivity contribution in [2.75, 3.05) is 19.5 Å². The SMILES string of the molecule is COc1ccc(CNC(=O)Nc2c(C)cccc2C)cc1OC. The Morgan fingerprint density at radius 1 is 1.00 bits per heavy atom. The molecular formula is C18H22N2O3. The smallest absolute Gasteiger partial charge is 0.319 e. The highest BCUT2D eigenvalue weighted by molar-refractivity contribution is 5.90. The van der Waals surface area contributed by atoms with Gasteiger partial charge in [-0.1, -0.05) is 24.3 Å². The van der Waals surface area contributed by atoms with Gasteiger partial charge in [-0.2, -0.15) is 0 Å². The number of urea groups is 1. The number of hydrogen-bond donors (Lipinski definition) is 2. The molecule has 23 heavy (non-hydrogen) atoms. The average Bonchev–Trinajstić information content (AvgIpc) is 2.56. The maximum Gasteiger partial charge on any atom is 0.319 e. The van der Waals surface area contributed by atoms with Gasteiger partial charge in [0.15, 0.2) is 11.5 Å². The summed E-state index contributed by atoms with van der Waals surface area (Å²) in [7, 11) is 3.18. The third-order valence-electron chi connectivity index (χ3n) is 3.62. The fourth-order valence-corrected chi connectivity index (χ4v) is 2.34. The zero-order valence-corrected chi connectivity index (χ0v) is 13.9. The second-order valence-electron chi connectivity index (χ2n) is 5.26. The molecule has 122 valence electrons. The number of benzene rings is 2. The minimum Gasteiger partial charge on any atom is -0.493 e. The number of methoxy groups -OCH3 is 2. The highest BCUT2D eigenvalue weighted by atomic mass is 16.5. The number of para-hydroxylation sites is 1. The van der Waals surface area contributed by atoms with E-state index in [2.05, 4.69) is 10.6 Å². The van der Waals surface area contributed by atoms with Gasteiger partial charge in [-0.15, -0.1) is 0 Å². The summed E-state index contributed by atoms with van der Waals surface area (Å²) in [6.07, 6.45) is 0. The number of amides is 2. The zero-order valence-electron chi connectivity index (χ0n) is 13.9. The van der Waals surface area contributed by atoms with Gasteiger partial charge in [0.25, 0.3) is 0 Å². The Morgan fingerprint density at radius 2 is 1.65 bits per heavy atom. The van der Waals surface area contributed by atoms with Crippen LogP contribution in [-0.4, -0.2) is 20.3 Å². The van der Waals surface area contributed by atoms with E-state index < -0.39 is 0 Å². The van der Waals surface area contributed by atoms with Crippen LogP contribution in [0.15, 0.2) is 36.4 Å². The summed E-state index contributed by atoms with van der Waals surface area (Å²) in [5, 5.41) is 5.74. The molecule has 0 bridgehead atoms. The molecule has 2 aromatic rings. The van der Waals surface area contributed by atoms with Crippen molar-refractivity contribution in [3.63, 3.8) is 0 Å². The van der Waals surface area contributed by atoms with Gasteiger partial charge in [0.1, 0.15) is 0 Å². The Labute approximate surface area is 136 Å². The van der Waals surface area contributed by atoms with E-state index in [9.17, 15) is 4.79 Å². The number of ether oxygens (including phenoxy) is 2. The van der Waals surface area contributed by atoms with Gasteiger partial charge in [0, 0.05) is 12.2 Å². The monoisotopic (exact) mass is 314 g/mol. The van der Waals surface area contributed by atoms with Crippen molar-refractivity contribution in [2.24, 2.45) is 0 Å². The Bertz CT molecular complexity index is 678. The summed E-state index contributed by atoms with van der Waals surface area (Å²) >= 11 is 0. The highest BCUT2D eigenvalue weighted by Gasteiger charge is 2.08. The van der Waals surface area contributed by atoms with Gasteiger partial charge in [0.2, 0.25) is 0 Å². The first-order valence-electron chi connectivity index (χ1n) is 7.37. The van der Waals surface area contributed by atoms with Gasteiger partial charge >= 0.3 is 6.03 Å². The van der Waals surface area contributed by atoms with E-state index >= 15 is 0 Å². The predicted molar refractivity (Wildman–Crippen MR) is 91.3 cm³/mol. The molecule has 2 N–H and O–H groups in total. The van der Waals surface area contributed by atoms with Crippen molar-refractivity contribution in [1.29, 1.82) is 0 Å². The van der Waals surface area contributed by atoms with Crippen LogP contribution in [-0.2, 0) is 6.54 Å². The van der Waals surface area contributed by atoms with Crippen LogP contribution in [0.2, 0.25) is 0 Å². The lowest BCUT2D eigenvalue weighted by atomic mass is 10.1. The molecule has 0 aliphatic heterocycles. The van der Waals surface area contributed by atoms with Crippen molar-refractivity contribution in [2.45, 2.75) is 20.4 Å². The fourth-order valence-electron chi connectivity index (χ4n) is 2.34. The second-order valence-corrected chi connectivity index (χ2v) is 5.26. The highest BCUT2D eigenvalue weighted by Crippen LogP contribution is 2.27. The van der Waals surface area contributed by atoms with E-state index in [-0.39, 0.29) is 6.03 Å². The zero-order chi connectivity index (χ0) is 16.8. The molecule has 0 radical (unpaired) electrons. The number of nitrogens with one attached hydrogen (secondary N) is 2. The first kappa shape index (κ1) is 16.7. The van der Waals surface area contributed by atoms with Gasteiger partial charge in [0.05, 0.1) is 14.2 Å². The van der Waals surface area contributed by atoms with E-state index in [1.165, 1.54) is 0 Å². The molecule has 5 heteroatoms. The Morgan fingerprint density at radius 3 is 2.26 bits per heavy atom. The molecule has 0 aliphatic carbocycles. The first-order valence-corrected chi connectivity index (χ1v) is 7.37. The number of rotatable bonds is 5. The summed E-state index contributed by atoms with van der Waals surface area (Å²) in [5.74, 6) is 1.30. The maximum atomic E-state index is 12.1. The molecule has 0 fully saturated rings. The van der Waals surface area contributed by atoms with Crippen LogP contribution in [0.4, 0.5) is 10.5 Å². The minimum absolute atomic E-state index is 0.239. The molecule has 0 heterocycles. The summed E-state index contributed by atoms with van der Waals surface area (Å²) < 4.78 is 10.5. The minimum atomic E-state index is -0.239. The lowest BCUT2D eigenvalue weighted by molar-refractivity contribution is 0.251. The molecule has 2 rings (SSSR count). The van der Waals surface area contributed by atoms with Crippen LogP contribution in [0.3, 0.4) is 0 Å². The van der Waals surface area contributed by atoms with Crippen LogP contribution in [0.1, 0.15) is 16.7 Å². The molecule has 0 atom stereocenters. The second kappa shape index (κ2) is 7.54. The number of carbonyl (C=O) groups excluding carboxylic acids is 1. The first-order chi connectivity index (χ1) is 11.0. The lowest BCUT2D eigenvalue weighted by Gasteiger charge is -2.13. The van der Waals surface area contributed by atoms with E-state index in [0.717, 1.165) is 22.4 Å². The standard InChI is InChI=1S/C18H22N2O3/c1-12-6-5-7-13(2)17(12)20-18(21)19-11-14-8-9-15(22-3)16(10-14)23-4/h5-10H,11H2,1-4H3,(H2,19,20,21). The van der Waals surface area contributed by atoms with Crippen LogP contribution >= 0.6 is 0 Å². The third kappa shape index (κ3) is 4.16. The summed E-state index contributed by atoms with van der Waals surface area (Å²) in [6, 6.07) is 11.2. The molecule has 0 aliphatic rings. The molecule has 0 saturated carbocycles. The van der Waals surface area contributed by atoms with E-state index in [1.54, 1.807) is 14.2 Å². The molecule has 0 unspecified atom stereocenters.